The number of benzene rings is 1. The standard InChI is InChI=1S/C17H18FN3O/c18-15-9-14(10-19-11-15)17(22)20-16-6-2-1-5-13(16)12-21-7-3-4-8-21/h1-2,5-6,9-11H,3-4,7-8,12H2,(H,20,22). The van der Waals surface area contributed by atoms with Gasteiger partial charge in [0.15, 0.2) is 0 Å². The van der Waals surface area contributed by atoms with Crippen molar-refractivity contribution >= 4 is 11.6 Å². The van der Waals surface area contributed by atoms with Crippen molar-refractivity contribution in [3.05, 3.63) is 59.7 Å². The Balaban J connectivity index is 1.75. The number of carbonyl (C=O) groups is 1. The number of para-hydroxylation sites is 1. The minimum absolute atomic E-state index is 0.218. The van der Waals surface area contributed by atoms with Crippen molar-refractivity contribution in [3.8, 4) is 0 Å². The number of halogens is 1. The minimum Gasteiger partial charge on any atom is -0.322 e. The molecule has 0 aliphatic carbocycles. The Bertz CT molecular complexity index is 668. The molecule has 1 aromatic carbocycles. The molecule has 4 nitrogen and oxygen atoms in total. The molecule has 2 heterocycles. The molecule has 22 heavy (non-hydrogen) atoms. The predicted octanol–water partition coefficient (Wildman–Crippen LogP) is 3.07. The van der Waals surface area contributed by atoms with E-state index in [9.17, 15) is 9.18 Å². The summed E-state index contributed by atoms with van der Waals surface area (Å²) in [6.45, 7) is 3.00. The number of nitrogens with one attached hydrogen (secondary N) is 1. The van der Waals surface area contributed by atoms with E-state index in [1.54, 1.807) is 0 Å². The van der Waals surface area contributed by atoms with Gasteiger partial charge in [0, 0.05) is 18.4 Å². The largest absolute Gasteiger partial charge is 0.322 e. The predicted molar refractivity (Wildman–Crippen MR) is 83.1 cm³/mol. The lowest BCUT2D eigenvalue weighted by atomic mass is 10.1. The van der Waals surface area contributed by atoms with Gasteiger partial charge in [-0.05, 0) is 43.6 Å². The van der Waals surface area contributed by atoms with Crippen LogP contribution in [0.25, 0.3) is 0 Å². The zero-order valence-corrected chi connectivity index (χ0v) is 12.3. The molecular weight excluding hydrogens is 281 g/mol. The van der Waals surface area contributed by atoms with Crippen LogP contribution < -0.4 is 5.32 Å². The fourth-order valence-corrected chi connectivity index (χ4v) is 2.69. The van der Waals surface area contributed by atoms with Crippen molar-refractivity contribution in [2.75, 3.05) is 18.4 Å². The van der Waals surface area contributed by atoms with Gasteiger partial charge in [-0.1, -0.05) is 18.2 Å². The van der Waals surface area contributed by atoms with E-state index >= 15 is 0 Å². The Kier molecular flexibility index (Phi) is 4.44. The lowest BCUT2D eigenvalue weighted by Gasteiger charge is -2.17. The number of hydrogen-bond acceptors (Lipinski definition) is 3. The summed E-state index contributed by atoms with van der Waals surface area (Å²) in [5.74, 6) is -0.862. The van der Waals surface area contributed by atoms with E-state index in [1.165, 1.54) is 25.1 Å². The van der Waals surface area contributed by atoms with Crippen molar-refractivity contribution in [1.29, 1.82) is 0 Å². The maximum absolute atomic E-state index is 13.2. The molecule has 0 saturated carbocycles. The fourth-order valence-electron chi connectivity index (χ4n) is 2.69. The molecule has 1 aliphatic rings. The van der Waals surface area contributed by atoms with Crippen LogP contribution in [0.15, 0.2) is 42.7 Å². The van der Waals surface area contributed by atoms with Gasteiger partial charge in [0.25, 0.3) is 5.91 Å². The lowest BCUT2D eigenvalue weighted by molar-refractivity contribution is 0.102. The van der Waals surface area contributed by atoms with Crippen LogP contribution in [-0.2, 0) is 6.54 Å². The zero-order valence-electron chi connectivity index (χ0n) is 12.3. The number of aromatic nitrogens is 1. The van der Waals surface area contributed by atoms with Gasteiger partial charge in [0.05, 0.1) is 11.8 Å². The summed E-state index contributed by atoms with van der Waals surface area (Å²) in [7, 11) is 0. The van der Waals surface area contributed by atoms with Gasteiger partial charge in [-0.25, -0.2) is 4.39 Å². The second-order valence-electron chi connectivity index (χ2n) is 5.49. The normalized spacial score (nSPS) is 15.0. The average molecular weight is 299 g/mol. The molecule has 0 unspecified atom stereocenters. The summed E-state index contributed by atoms with van der Waals surface area (Å²) in [6.07, 6.45) is 4.90. The first-order chi connectivity index (χ1) is 10.7. The maximum atomic E-state index is 13.2. The topological polar surface area (TPSA) is 45.2 Å². The molecule has 0 radical (unpaired) electrons. The van der Waals surface area contributed by atoms with Crippen molar-refractivity contribution in [2.24, 2.45) is 0 Å². The number of amides is 1. The summed E-state index contributed by atoms with van der Waals surface area (Å²) in [4.78, 5) is 18.3. The van der Waals surface area contributed by atoms with E-state index in [0.717, 1.165) is 37.1 Å². The first-order valence-electron chi connectivity index (χ1n) is 7.44. The SMILES string of the molecule is O=C(Nc1ccccc1CN1CCCC1)c1cncc(F)c1. The molecule has 1 fully saturated rings. The number of rotatable bonds is 4. The van der Waals surface area contributed by atoms with Crippen LogP contribution in [0.1, 0.15) is 28.8 Å². The molecule has 0 bridgehead atoms. The molecule has 0 spiro atoms. The van der Waals surface area contributed by atoms with Crippen LogP contribution >= 0.6 is 0 Å². The summed E-state index contributed by atoms with van der Waals surface area (Å²) in [5, 5.41) is 2.86. The fraction of sp³-hybridized carbons (Fsp3) is 0.294. The maximum Gasteiger partial charge on any atom is 0.257 e. The van der Waals surface area contributed by atoms with Crippen molar-refractivity contribution in [2.45, 2.75) is 19.4 Å². The number of hydrogen-bond donors (Lipinski definition) is 1. The minimum atomic E-state index is -0.516. The molecule has 5 heteroatoms. The quantitative estimate of drug-likeness (QED) is 0.943. The molecule has 0 atom stereocenters. The first kappa shape index (κ1) is 14.7. The Labute approximate surface area is 129 Å². The lowest BCUT2D eigenvalue weighted by Crippen LogP contribution is -2.20. The van der Waals surface area contributed by atoms with E-state index in [1.807, 2.05) is 24.3 Å². The van der Waals surface area contributed by atoms with Gasteiger partial charge in [0.2, 0.25) is 0 Å². The molecule has 2 aromatic rings. The van der Waals surface area contributed by atoms with Gasteiger partial charge >= 0.3 is 0 Å². The molecule has 1 N–H and O–H groups in total. The van der Waals surface area contributed by atoms with Crippen LogP contribution in [-0.4, -0.2) is 28.9 Å². The third-order valence-corrected chi connectivity index (χ3v) is 3.83. The van der Waals surface area contributed by atoms with Crippen molar-refractivity contribution in [3.63, 3.8) is 0 Å². The van der Waals surface area contributed by atoms with Crippen LogP contribution in [0, 0.1) is 5.82 Å². The summed E-state index contributed by atoms with van der Waals surface area (Å²) >= 11 is 0. The zero-order chi connectivity index (χ0) is 15.4. The van der Waals surface area contributed by atoms with E-state index in [4.69, 9.17) is 0 Å². The highest BCUT2D eigenvalue weighted by atomic mass is 19.1. The summed E-state index contributed by atoms with van der Waals surface area (Å²) < 4.78 is 13.2. The number of pyridine rings is 1. The smallest absolute Gasteiger partial charge is 0.257 e. The Morgan fingerprint density at radius 3 is 2.77 bits per heavy atom. The molecule has 1 saturated heterocycles. The highest BCUT2D eigenvalue weighted by Crippen LogP contribution is 2.20. The Morgan fingerprint density at radius 2 is 2.00 bits per heavy atom. The monoisotopic (exact) mass is 299 g/mol. The van der Waals surface area contributed by atoms with Crippen LogP contribution in [0.2, 0.25) is 0 Å². The average Bonchev–Trinajstić information content (AvgIpc) is 3.02. The molecule has 114 valence electrons. The molecule has 1 amide bonds. The summed E-state index contributed by atoms with van der Waals surface area (Å²) in [5.41, 5.74) is 2.06. The van der Waals surface area contributed by atoms with Crippen LogP contribution in [0.5, 0.6) is 0 Å². The van der Waals surface area contributed by atoms with Gasteiger partial charge in [0.1, 0.15) is 5.82 Å². The van der Waals surface area contributed by atoms with E-state index in [-0.39, 0.29) is 11.5 Å². The van der Waals surface area contributed by atoms with E-state index < -0.39 is 5.82 Å². The second kappa shape index (κ2) is 6.66. The number of likely N-dealkylation sites (tertiary alicyclic amines) is 1. The highest BCUT2D eigenvalue weighted by molar-refractivity contribution is 6.04. The third kappa shape index (κ3) is 3.49. The van der Waals surface area contributed by atoms with Crippen LogP contribution in [0.3, 0.4) is 0 Å². The molecular formula is C17H18FN3O. The van der Waals surface area contributed by atoms with E-state index in [0.29, 0.717) is 0 Å². The number of anilines is 1. The Hall–Kier alpha value is -2.27. The number of nitrogens with zero attached hydrogens (tertiary/aromatic N) is 2. The van der Waals surface area contributed by atoms with Gasteiger partial charge < -0.3 is 5.32 Å². The van der Waals surface area contributed by atoms with Crippen molar-refractivity contribution in [1.82, 2.24) is 9.88 Å². The summed E-state index contributed by atoms with van der Waals surface area (Å²) in [6, 6.07) is 8.91. The molecule has 1 aromatic heterocycles. The molecule has 3 rings (SSSR count). The number of carbonyl (C=O) groups excluding carboxylic acids is 1. The third-order valence-electron chi connectivity index (χ3n) is 3.83. The molecule has 1 aliphatic heterocycles. The van der Waals surface area contributed by atoms with Gasteiger partial charge in [-0.3, -0.25) is 14.7 Å². The van der Waals surface area contributed by atoms with Crippen LogP contribution in [0.4, 0.5) is 10.1 Å². The second-order valence-corrected chi connectivity index (χ2v) is 5.49. The first-order valence-corrected chi connectivity index (χ1v) is 7.44. The highest BCUT2D eigenvalue weighted by Gasteiger charge is 2.15. The van der Waals surface area contributed by atoms with Gasteiger partial charge in [-0.2, -0.15) is 0 Å². The Morgan fingerprint density at radius 1 is 1.23 bits per heavy atom. The van der Waals surface area contributed by atoms with Gasteiger partial charge in [-0.15, -0.1) is 0 Å². The van der Waals surface area contributed by atoms with Crippen molar-refractivity contribution < 1.29 is 9.18 Å². The van der Waals surface area contributed by atoms with E-state index in [2.05, 4.69) is 15.2 Å².